The molecule has 1 aliphatic rings. The first-order chi connectivity index (χ1) is 12.3. The molecule has 4 atom stereocenters. The van der Waals surface area contributed by atoms with Gasteiger partial charge in [-0.3, -0.25) is 9.36 Å². The highest BCUT2D eigenvalue weighted by atomic mass is 16.6. The Hall–Kier alpha value is -2.47. The maximum Gasteiger partial charge on any atom is 0.236 e. The standard InChI is InChI=1S/C15H19N5O6/c1-7(22)2-3-9(23)15(12(25)11(24)8(4-21)26-15)20-6-19-10-13(16)17-5-18-14(10)20/h5-6,8,11-12,21,24-25H,2-4H2,1H3,(H2,16,17,18)/t8-,11-,12-,15-/m1/s1. The van der Waals surface area contributed by atoms with Crippen molar-refractivity contribution < 1.29 is 29.6 Å². The molecule has 2 aromatic heterocycles. The van der Waals surface area contributed by atoms with Crippen LogP contribution in [0.25, 0.3) is 11.2 Å². The Balaban J connectivity index is 2.16. The van der Waals surface area contributed by atoms with E-state index in [0.29, 0.717) is 0 Å². The number of aliphatic hydroxyl groups is 3. The van der Waals surface area contributed by atoms with E-state index in [1.54, 1.807) is 0 Å². The number of anilines is 1. The van der Waals surface area contributed by atoms with E-state index in [1.165, 1.54) is 13.3 Å². The molecule has 0 bridgehead atoms. The molecular weight excluding hydrogens is 346 g/mol. The van der Waals surface area contributed by atoms with Gasteiger partial charge in [-0.1, -0.05) is 0 Å². The number of aliphatic hydroxyl groups excluding tert-OH is 3. The molecule has 0 aromatic carbocycles. The molecule has 0 radical (unpaired) electrons. The lowest BCUT2D eigenvalue weighted by molar-refractivity contribution is -0.174. The molecule has 26 heavy (non-hydrogen) atoms. The molecule has 1 saturated heterocycles. The van der Waals surface area contributed by atoms with Crippen molar-refractivity contribution in [2.75, 3.05) is 12.3 Å². The summed E-state index contributed by atoms with van der Waals surface area (Å²) in [6, 6.07) is 0. The summed E-state index contributed by atoms with van der Waals surface area (Å²) in [5.74, 6) is -0.819. The monoisotopic (exact) mass is 365 g/mol. The fourth-order valence-electron chi connectivity index (χ4n) is 3.08. The van der Waals surface area contributed by atoms with Crippen molar-refractivity contribution in [2.24, 2.45) is 0 Å². The third-order valence-corrected chi connectivity index (χ3v) is 4.44. The minimum Gasteiger partial charge on any atom is -0.394 e. The molecule has 0 amide bonds. The summed E-state index contributed by atoms with van der Waals surface area (Å²) in [5, 5.41) is 30.2. The van der Waals surface area contributed by atoms with Crippen molar-refractivity contribution >= 4 is 28.5 Å². The number of ether oxygens (including phenoxy) is 1. The van der Waals surface area contributed by atoms with Crippen LogP contribution in [0, 0.1) is 0 Å². The van der Waals surface area contributed by atoms with Crippen LogP contribution in [-0.2, 0) is 20.1 Å². The van der Waals surface area contributed by atoms with E-state index in [1.807, 2.05) is 0 Å². The summed E-state index contributed by atoms with van der Waals surface area (Å²) in [5.41, 5.74) is 3.95. The number of rotatable bonds is 6. The van der Waals surface area contributed by atoms with Crippen LogP contribution in [0.4, 0.5) is 5.82 Å². The molecular formula is C15H19N5O6. The summed E-state index contributed by atoms with van der Waals surface area (Å²) in [6.45, 7) is 0.710. The fraction of sp³-hybridized carbons (Fsp3) is 0.533. The first-order valence-corrected chi connectivity index (χ1v) is 7.94. The lowest BCUT2D eigenvalue weighted by Gasteiger charge is -2.32. The third-order valence-electron chi connectivity index (χ3n) is 4.44. The van der Waals surface area contributed by atoms with Crippen molar-refractivity contribution in [3.8, 4) is 0 Å². The number of hydrogen-bond donors (Lipinski definition) is 4. The fourth-order valence-corrected chi connectivity index (χ4v) is 3.08. The van der Waals surface area contributed by atoms with Gasteiger partial charge < -0.3 is 30.6 Å². The van der Waals surface area contributed by atoms with Gasteiger partial charge in [-0.15, -0.1) is 0 Å². The summed E-state index contributed by atoms with van der Waals surface area (Å²) in [4.78, 5) is 36.1. The van der Waals surface area contributed by atoms with Crippen molar-refractivity contribution in [3.05, 3.63) is 12.7 Å². The molecule has 3 heterocycles. The zero-order valence-electron chi connectivity index (χ0n) is 13.9. The molecule has 0 aliphatic carbocycles. The minimum atomic E-state index is -2.10. The van der Waals surface area contributed by atoms with Gasteiger partial charge in [0.1, 0.15) is 42.3 Å². The van der Waals surface area contributed by atoms with Crippen LogP contribution in [0.1, 0.15) is 19.8 Å². The quantitative estimate of drug-likeness (QED) is 0.453. The molecule has 11 nitrogen and oxygen atoms in total. The van der Waals surface area contributed by atoms with Crippen molar-refractivity contribution in [1.82, 2.24) is 19.5 Å². The normalized spacial score (nSPS) is 28.5. The summed E-state index contributed by atoms with van der Waals surface area (Å²) in [7, 11) is 0. The number of imidazole rings is 1. The number of nitrogens with two attached hydrogens (primary N) is 1. The Labute approximate surface area is 147 Å². The number of carbonyl (C=O) groups is 2. The van der Waals surface area contributed by atoms with Crippen LogP contribution in [-0.4, -0.2) is 71.3 Å². The largest absolute Gasteiger partial charge is 0.394 e. The minimum absolute atomic E-state index is 0.0619. The van der Waals surface area contributed by atoms with Gasteiger partial charge in [0.05, 0.1) is 6.61 Å². The third kappa shape index (κ3) is 2.65. The molecule has 1 aliphatic heterocycles. The Morgan fingerprint density at radius 2 is 2.04 bits per heavy atom. The molecule has 11 heteroatoms. The van der Waals surface area contributed by atoms with E-state index in [9.17, 15) is 24.9 Å². The molecule has 2 aromatic rings. The topological polar surface area (TPSA) is 174 Å². The number of Topliss-reactive ketones (excluding diaryl/α,β-unsaturated/α-hetero) is 2. The van der Waals surface area contributed by atoms with Crippen LogP contribution >= 0.6 is 0 Å². The van der Waals surface area contributed by atoms with Gasteiger partial charge in [0, 0.05) is 12.8 Å². The van der Waals surface area contributed by atoms with Crippen LogP contribution in [0.3, 0.4) is 0 Å². The smallest absolute Gasteiger partial charge is 0.236 e. The van der Waals surface area contributed by atoms with E-state index >= 15 is 0 Å². The van der Waals surface area contributed by atoms with Crippen LogP contribution < -0.4 is 5.73 Å². The average Bonchev–Trinajstić information content (AvgIpc) is 3.15. The molecule has 3 rings (SSSR count). The molecule has 0 unspecified atom stereocenters. The Kier molecular flexibility index (Phi) is 4.71. The van der Waals surface area contributed by atoms with E-state index in [2.05, 4.69) is 15.0 Å². The number of nitrogen functional groups attached to an aromatic ring is 1. The van der Waals surface area contributed by atoms with Crippen molar-refractivity contribution in [2.45, 2.75) is 43.8 Å². The Morgan fingerprint density at radius 1 is 1.31 bits per heavy atom. The Morgan fingerprint density at radius 3 is 2.65 bits per heavy atom. The zero-order chi connectivity index (χ0) is 19.1. The molecule has 1 fully saturated rings. The molecule has 5 N–H and O–H groups in total. The van der Waals surface area contributed by atoms with Gasteiger partial charge in [-0.25, -0.2) is 15.0 Å². The van der Waals surface area contributed by atoms with Crippen molar-refractivity contribution in [1.29, 1.82) is 0 Å². The summed E-state index contributed by atoms with van der Waals surface area (Å²) >= 11 is 0. The zero-order valence-corrected chi connectivity index (χ0v) is 13.9. The first-order valence-electron chi connectivity index (χ1n) is 7.94. The van der Waals surface area contributed by atoms with E-state index in [-0.39, 0.29) is 35.6 Å². The highest BCUT2D eigenvalue weighted by Gasteiger charge is 2.60. The highest BCUT2D eigenvalue weighted by molar-refractivity contribution is 5.92. The van der Waals surface area contributed by atoms with Crippen LogP contribution in [0.5, 0.6) is 0 Å². The maximum atomic E-state index is 13.0. The van der Waals surface area contributed by atoms with Gasteiger partial charge in [0.15, 0.2) is 17.2 Å². The first kappa shape index (κ1) is 18.3. The molecule has 0 spiro atoms. The van der Waals surface area contributed by atoms with Gasteiger partial charge >= 0.3 is 0 Å². The number of hydrogen-bond acceptors (Lipinski definition) is 10. The number of fused-ring (bicyclic) bond motifs is 1. The predicted molar refractivity (Wildman–Crippen MR) is 86.6 cm³/mol. The Bertz CT molecular complexity index is 854. The molecule has 140 valence electrons. The SMILES string of the molecule is CC(=O)CCC(=O)[C@@]1(n2cnc3c(N)ncnc32)O[C@H](CO)[C@@H](O)[C@H]1O. The lowest BCUT2D eigenvalue weighted by Crippen LogP contribution is -2.51. The maximum absolute atomic E-state index is 13.0. The number of nitrogens with zero attached hydrogens (tertiary/aromatic N) is 4. The second-order valence-electron chi connectivity index (χ2n) is 6.14. The number of aromatic nitrogens is 4. The van der Waals surface area contributed by atoms with Crippen LogP contribution in [0.15, 0.2) is 12.7 Å². The summed E-state index contributed by atoms with van der Waals surface area (Å²) < 4.78 is 6.78. The molecule has 0 saturated carbocycles. The van der Waals surface area contributed by atoms with Crippen molar-refractivity contribution in [3.63, 3.8) is 0 Å². The second-order valence-corrected chi connectivity index (χ2v) is 6.14. The summed E-state index contributed by atoms with van der Waals surface area (Å²) in [6.07, 6.45) is -2.41. The van der Waals surface area contributed by atoms with Gasteiger partial charge in [-0.2, -0.15) is 0 Å². The second kappa shape index (κ2) is 6.68. The number of ketones is 2. The highest BCUT2D eigenvalue weighted by Crippen LogP contribution is 2.39. The van der Waals surface area contributed by atoms with E-state index in [4.69, 9.17) is 10.5 Å². The average molecular weight is 365 g/mol. The van der Waals surface area contributed by atoms with Gasteiger partial charge in [0.2, 0.25) is 5.72 Å². The lowest BCUT2D eigenvalue weighted by atomic mass is 9.94. The van der Waals surface area contributed by atoms with Gasteiger partial charge in [0.25, 0.3) is 0 Å². The van der Waals surface area contributed by atoms with E-state index in [0.717, 1.165) is 10.9 Å². The van der Waals surface area contributed by atoms with Crippen LogP contribution in [0.2, 0.25) is 0 Å². The number of carbonyl (C=O) groups excluding carboxylic acids is 2. The van der Waals surface area contributed by atoms with Gasteiger partial charge in [-0.05, 0) is 6.92 Å². The van der Waals surface area contributed by atoms with E-state index < -0.39 is 36.4 Å². The predicted octanol–water partition coefficient (Wildman–Crippen LogP) is -1.89.